The lowest BCUT2D eigenvalue weighted by molar-refractivity contribution is 0.282. The maximum atomic E-state index is 9.60. The van der Waals surface area contributed by atoms with E-state index in [1.807, 2.05) is 66.7 Å². The summed E-state index contributed by atoms with van der Waals surface area (Å²) in [6.07, 6.45) is 0. The fourth-order valence-electron chi connectivity index (χ4n) is 2.62. The zero-order valence-electron chi connectivity index (χ0n) is 12.2. The first-order valence-corrected chi connectivity index (χ1v) is 7.13. The van der Waals surface area contributed by atoms with E-state index in [2.05, 4.69) is 0 Å². The molecule has 0 radical (unpaired) electrons. The van der Waals surface area contributed by atoms with E-state index in [1.165, 1.54) is 0 Å². The zero-order chi connectivity index (χ0) is 15.5. The second kappa shape index (κ2) is 5.92. The summed E-state index contributed by atoms with van der Waals surface area (Å²) < 4.78 is 0. The maximum absolute atomic E-state index is 9.60. The minimum atomic E-state index is -0.00779. The number of benzene rings is 3. The Balaban J connectivity index is 2.22. The monoisotopic (exact) mass is 290 g/mol. The van der Waals surface area contributed by atoms with Crippen molar-refractivity contribution >= 4 is 11.4 Å². The van der Waals surface area contributed by atoms with Crippen molar-refractivity contribution in [2.45, 2.75) is 6.61 Å². The smallest absolute Gasteiger partial charge is 0.0687 e. The average Bonchev–Trinajstić information content (AvgIpc) is 2.56. The van der Waals surface area contributed by atoms with Crippen LogP contribution in [0.25, 0.3) is 22.3 Å². The second-order valence-corrected chi connectivity index (χ2v) is 5.24. The van der Waals surface area contributed by atoms with Crippen LogP contribution < -0.4 is 11.5 Å². The minimum absolute atomic E-state index is 0.00779. The molecule has 22 heavy (non-hydrogen) atoms. The molecule has 0 unspecified atom stereocenters. The van der Waals surface area contributed by atoms with Crippen LogP contribution in [0, 0.1) is 0 Å². The Morgan fingerprint density at radius 3 is 2.09 bits per heavy atom. The number of anilines is 2. The largest absolute Gasteiger partial charge is 0.399 e. The molecule has 3 aromatic carbocycles. The van der Waals surface area contributed by atoms with Crippen molar-refractivity contribution in [3.63, 3.8) is 0 Å². The fourth-order valence-corrected chi connectivity index (χ4v) is 2.62. The zero-order valence-corrected chi connectivity index (χ0v) is 12.2. The summed E-state index contributed by atoms with van der Waals surface area (Å²) in [5, 5.41) is 9.60. The van der Waals surface area contributed by atoms with E-state index in [1.54, 1.807) is 0 Å². The average molecular weight is 290 g/mol. The van der Waals surface area contributed by atoms with Gasteiger partial charge in [0.25, 0.3) is 0 Å². The number of rotatable bonds is 3. The SMILES string of the molecule is Nc1ccc(-c2ccc(N)cc2-c2ccccc2CO)cc1. The van der Waals surface area contributed by atoms with Crippen molar-refractivity contribution in [3.8, 4) is 22.3 Å². The van der Waals surface area contributed by atoms with Crippen molar-refractivity contribution in [3.05, 3.63) is 72.3 Å². The van der Waals surface area contributed by atoms with Crippen LogP contribution in [-0.4, -0.2) is 5.11 Å². The summed E-state index contributed by atoms with van der Waals surface area (Å²) >= 11 is 0. The molecule has 0 aliphatic rings. The van der Waals surface area contributed by atoms with Gasteiger partial charge in [-0.15, -0.1) is 0 Å². The van der Waals surface area contributed by atoms with Crippen LogP contribution in [-0.2, 0) is 6.61 Å². The van der Waals surface area contributed by atoms with Gasteiger partial charge in [-0.2, -0.15) is 0 Å². The van der Waals surface area contributed by atoms with Gasteiger partial charge in [0.05, 0.1) is 6.61 Å². The summed E-state index contributed by atoms with van der Waals surface area (Å²) in [4.78, 5) is 0. The Labute approximate surface area is 129 Å². The van der Waals surface area contributed by atoms with Gasteiger partial charge in [0.15, 0.2) is 0 Å². The van der Waals surface area contributed by atoms with E-state index >= 15 is 0 Å². The van der Waals surface area contributed by atoms with Gasteiger partial charge in [-0.05, 0) is 52.1 Å². The van der Waals surface area contributed by atoms with Gasteiger partial charge in [-0.1, -0.05) is 42.5 Å². The van der Waals surface area contributed by atoms with Gasteiger partial charge in [-0.3, -0.25) is 0 Å². The number of hydrogen-bond donors (Lipinski definition) is 3. The summed E-state index contributed by atoms with van der Waals surface area (Å²) in [7, 11) is 0. The number of aliphatic hydroxyl groups is 1. The molecule has 5 N–H and O–H groups in total. The Kier molecular flexibility index (Phi) is 3.81. The minimum Gasteiger partial charge on any atom is -0.399 e. The molecule has 0 aliphatic heterocycles. The van der Waals surface area contributed by atoms with E-state index in [-0.39, 0.29) is 6.61 Å². The molecule has 0 spiro atoms. The summed E-state index contributed by atoms with van der Waals surface area (Å²) in [5.74, 6) is 0. The van der Waals surface area contributed by atoms with E-state index in [0.29, 0.717) is 5.69 Å². The Morgan fingerprint density at radius 2 is 1.36 bits per heavy atom. The lowest BCUT2D eigenvalue weighted by atomic mass is 9.91. The predicted molar refractivity (Wildman–Crippen MR) is 92.1 cm³/mol. The van der Waals surface area contributed by atoms with Crippen LogP contribution in [0.3, 0.4) is 0 Å². The van der Waals surface area contributed by atoms with Crippen LogP contribution in [0.5, 0.6) is 0 Å². The van der Waals surface area contributed by atoms with Crippen LogP contribution in [0.1, 0.15) is 5.56 Å². The molecule has 0 heterocycles. The normalized spacial score (nSPS) is 10.6. The standard InChI is InChI=1S/C19H18N2O/c20-15-7-5-13(6-8-15)18-10-9-16(21)11-19(18)17-4-2-1-3-14(17)12-22/h1-11,22H,12,20-21H2. The molecule has 110 valence electrons. The molecule has 0 amide bonds. The first kappa shape index (κ1) is 14.2. The maximum Gasteiger partial charge on any atom is 0.0687 e. The highest BCUT2D eigenvalue weighted by Crippen LogP contribution is 2.35. The third-order valence-corrected chi connectivity index (χ3v) is 3.74. The van der Waals surface area contributed by atoms with Gasteiger partial charge >= 0.3 is 0 Å². The van der Waals surface area contributed by atoms with Crippen molar-refractivity contribution in [2.75, 3.05) is 11.5 Å². The quantitative estimate of drug-likeness (QED) is 0.644. The van der Waals surface area contributed by atoms with Crippen LogP contribution in [0.2, 0.25) is 0 Å². The molecule has 0 saturated heterocycles. The molecule has 0 aliphatic carbocycles. The van der Waals surface area contributed by atoms with Gasteiger partial charge in [0.2, 0.25) is 0 Å². The van der Waals surface area contributed by atoms with Crippen molar-refractivity contribution in [2.24, 2.45) is 0 Å². The summed E-state index contributed by atoms with van der Waals surface area (Å²) in [5.41, 5.74) is 18.2. The molecule has 0 aromatic heterocycles. The molecular formula is C19H18N2O. The predicted octanol–water partition coefficient (Wildman–Crippen LogP) is 3.68. The van der Waals surface area contributed by atoms with Gasteiger partial charge in [0, 0.05) is 11.4 Å². The van der Waals surface area contributed by atoms with Crippen LogP contribution in [0.15, 0.2) is 66.7 Å². The molecule has 0 saturated carbocycles. The Hall–Kier alpha value is -2.78. The molecular weight excluding hydrogens is 272 g/mol. The molecule has 3 nitrogen and oxygen atoms in total. The van der Waals surface area contributed by atoms with Crippen molar-refractivity contribution < 1.29 is 5.11 Å². The van der Waals surface area contributed by atoms with Crippen molar-refractivity contribution in [1.29, 1.82) is 0 Å². The number of aliphatic hydroxyl groups excluding tert-OH is 1. The van der Waals surface area contributed by atoms with E-state index in [4.69, 9.17) is 11.5 Å². The van der Waals surface area contributed by atoms with E-state index in [0.717, 1.165) is 33.5 Å². The Morgan fingerprint density at radius 1 is 0.682 bits per heavy atom. The fraction of sp³-hybridized carbons (Fsp3) is 0.0526. The Bertz CT molecular complexity index is 795. The number of nitrogen functional groups attached to an aromatic ring is 2. The lowest BCUT2D eigenvalue weighted by Gasteiger charge is -2.14. The first-order valence-electron chi connectivity index (χ1n) is 7.13. The molecule has 0 fully saturated rings. The van der Waals surface area contributed by atoms with Crippen LogP contribution >= 0.6 is 0 Å². The highest BCUT2D eigenvalue weighted by Gasteiger charge is 2.11. The van der Waals surface area contributed by atoms with E-state index in [9.17, 15) is 5.11 Å². The van der Waals surface area contributed by atoms with Crippen molar-refractivity contribution in [1.82, 2.24) is 0 Å². The second-order valence-electron chi connectivity index (χ2n) is 5.24. The molecule has 3 rings (SSSR count). The lowest BCUT2D eigenvalue weighted by Crippen LogP contribution is -1.94. The number of nitrogens with two attached hydrogens (primary N) is 2. The molecule has 0 atom stereocenters. The summed E-state index contributed by atoms with van der Waals surface area (Å²) in [6, 6.07) is 21.4. The van der Waals surface area contributed by atoms with Gasteiger partial charge in [-0.25, -0.2) is 0 Å². The molecule has 3 aromatic rings. The van der Waals surface area contributed by atoms with Crippen LogP contribution in [0.4, 0.5) is 11.4 Å². The van der Waals surface area contributed by atoms with Gasteiger partial charge < -0.3 is 16.6 Å². The highest BCUT2D eigenvalue weighted by molar-refractivity contribution is 5.87. The highest BCUT2D eigenvalue weighted by atomic mass is 16.3. The topological polar surface area (TPSA) is 72.3 Å². The molecule has 3 heteroatoms. The first-order chi connectivity index (χ1) is 10.7. The third kappa shape index (κ3) is 2.67. The van der Waals surface area contributed by atoms with E-state index < -0.39 is 0 Å². The number of hydrogen-bond acceptors (Lipinski definition) is 3. The van der Waals surface area contributed by atoms with Gasteiger partial charge in [0.1, 0.15) is 0 Å². The summed E-state index contributed by atoms with van der Waals surface area (Å²) in [6.45, 7) is -0.00779. The molecule has 0 bridgehead atoms. The third-order valence-electron chi connectivity index (χ3n) is 3.74.